The van der Waals surface area contributed by atoms with Crippen LogP contribution in [0.1, 0.15) is 79.1 Å². The summed E-state index contributed by atoms with van der Waals surface area (Å²) in [5.74, 6) is -1.69. The van der Waals surface area contributed by atoms with Crippen LogP contribution in [-0.4, -0.2) is 33.7 Å². The SMILES string of the molecule is CC(C)(CCCC1=CC=C(CCC2=CC=C(CCCC(C)(C)C(=O)O)C2=O)C1=O)C(=O)O. The standard InChI is InChI=1S/C26H34O6/c1-25(2,23(29)30)15-5-7-17-9-11-19(21(17)27)13-14-20-12-10-18(22(20)28)8-6-16-26(3,4)24(31)32/h9-12H,5-8,13-16H2,1-4H3,(H,29,30)(H,31,32). The van der Waals surface area contributed by atoms with Crippen LogP contribution in [0.4, 0.5) is 0 Å². The first kappa shape index (κ1) is 25.5. The van der Waals surface area contributed by atoms with Gasteiger partial charge in [-0.25, -0.2) is 0 Å². The average molecular weight is 443 g/mol. The number of allylic oxidation sites excluding steroid dienone is 8. The fraction of sp³-hybridized carbons (Fsp3) is 0.538. The minimum Gasteiger partial charge on any atom is -0.481 e. The highest BCUT2D eigenvalue weighted by atomic mass is 16.4. The van der Waals surface area contributed by atoms with Crippen molar-refractivity contribution in [2.45, 2.75) is 79.1 Å². The Morgan fingerprint density at radius 3 is 1.19 bits per heavy atom. The van der Waals surface area contributed by atoms with E-state index in [1.165, 1.54) is 0 Å². The van der Waals surface area contributed by atoms with Crippen molar-refractivity contribution in [3.63, 3.8) is 0 Å². The molecular weight excluding hydrogens is 408 g/mol. The van der Waals surface area contributed by atoms with Crippen molar-refractivity contribution in [2.75, 3.05) is 0 Å². The number of carboxylic acids is 2. The molecule has 32 heavy (non-hydrogen) atoms. The molecule has 0 bridgehead atoms. The van der Waals surface area contributed by atoms with Crippen LogP contribution in [-0.2, 0) is 19.2 Å². The molecule has 6 nitrogen and oxygen atoms in total. The number of aliphatic carboxylic acids is 2. The molecule has 174 valence electrons. The molecule has 0 spiro atoms. The van der Waals surface area contributed by atoms with Gasteiger partial charge in [-0.1, -0.05) is 24.3 Å². The maximum absolute atomic E-state index is 12.6. The quantitative estimate of drug-likeness (QED) is 0.406. The van der Waals surface area contributed by atoms with E-state index < -0.39 is 22.8 Å². The second kappa shape index (κ2) is 10.2. The highest BCUT2D eigenvalue weighted by molar-refractivity contribution is 6.12. The predicted octanol–water partition coefficient (Wildman–Crippen LogP) is 5.20. The zero-order valence-electron chi connectivity index (χ0n) is 19.5. The monoisotopic (exact) mass is 442 g/mol. The van der Waals surface area contributed by atoms with Crippen LogP contribution in [0.25, 0.3) is 0 Å². The van der Waals surface area contributed by atoms with Gasteiger partial charge in [0.05, 0.1) is 10.8 Å². The van der Waals surface area contributed by atoms with Crippen molar-refractivity contribution in [1.29, 1.82) is 0 Å². The van der Waals surface area contributed by atoms with Crippen LogP contribution < -0.4 is 0 Å². The third kappa shape index (κ3) is 6.38. The molecule has 0 aromatic rings. The van der Waals surface area contributed by atoms with Crippen molar-refractivity contribution in [1.82, 2.24) is 0 Å². The van der Waals surface area contributed by atoms with Crippen molar-refractivity contribution >= 4 is 23.5 Å². The number of carboxylic acid groups (broad SMARTS) is 2. The molecule has 2 rings (SSSR count). The molecule has 0 unspecified atom stereocenters. The van der Waals surface area contributed by atoms with Gasteiger partial charge in [-0.2, -0.15) is 0 Å². The molecule has 2 aliphatic carbocycles. The predicted molar refractivity (Wildman–Crippen MR) is 122 cm³/mol. The average Bonchev–Trinajstić information content (AvgIpc) is 3.22. The van der Waals surface area contributed by atoms with Gasteiger partial charge in [-0.05, 0) is 90.2 Å². The lowest BCUT2D eigenvalue weighted by Crippen LogP contribution is -2.23. The molecule has 0 saturated carbocycles. The molecule has 6 heteroatoms. The fourth-order valence-corrected chi connectivity index (χ4v) is 3.83. The van der Waals surface area contributed by atoms with E-state index in [2.05, 4.69) is 0 Å². The summed E-state index contributed by atoms with van der Waals surface area (Å²) in [5, 5.41) is 18.4. The van der Waals surface area contributed by atoms with Crippen molar-refractivity contribution in [3.8, 4) is 0 Å². The van der Waals surface area contributed by atoms with Gasteiger partial charge in [0.1, 0.15) is 0 Å². The Kier molecular flexibility index (Phi) is 8.16. The lowest BCUT2D eigenvalue weighted by atomic mass is 9.86. The van der Waals surface area contributed by atoms with Gasteiger partial charge >= 0.3 is 11.9 Å². The molecule has 0 heterocycles. The molecule has 0 saturated heterocycles. The van der Waals surface area contributed by atoms with E-state index in [1.54, 1.807) is 27.7 Å². The number of Topliss-reactive ketones (excluding diaryl/α,β-unsaturated/α-hetero) is 2. The Morgan fingerprint density at radius 2 is 0.906 bits per heavy atom. The third-order valence-electron chi connectivity index (χ3n) is 6.46. The number of ketones is 2. The number of hydrogen-bond acceptors (Lipinski definition) is 4. The summed E-state index contributed by atoms with van der Waals surface area (Å²) in [6.45, 7) is 6.74. The Labute approximate surface area is 189 Å². The molecule has 0 radical (unpaired) electrons. The summed E-state index contributed by atoms with van der Waals surface area (Å²) < 4.78 is 0. The molecule has 0 aliphatic heterocycles. The normalized spacial score (nSPS) is 16.6. The van der Waals surface area contributed by atoms with E-state index in [0.717, 1.165) is 0 Å². The van der Waals surface area contributed by atoms with E-state index in [-0.39, 0.29) is 11.6 Å². The second-order valence-electron chi connectivity index (χ2n) is 10.0. The molecule has 2 N–H and O–H groups in total. The molecule has 0 atom stereocenters. The number of carbonyl (C=O) groups is 4. The number of hydrogen-bond donors (Lipinski definition) is 2. The van der Waals surface area contributed by atoms with Crippen molar-refractivity contribution in [2.24, 2.45) is 10.8 Å². The number of carbonyl (C=O) groups excluding carboxylic acids is 2. The first-order chi connectivity index (χ1) is 14.8. The van der Waals surface area contributed by atoms with E-state index in [0.29, 0.717) is 73.7 Å². The summed E-state index contributed by atoms with van der Waals surface area (Å²) in [7, 11) is 0. The van der Waals surface area contributed by atoms with E-state index in [4.69, 9.17) is 0 Å². The van der Waals surface area contributed by atoms with Crippen molar-refractivity contribution < 1.29 is 29.4 Å². The topological polar surface area (TPSA) is 109 Å². The largest absolute Gasteiger partial charge is 0.481 e. The zero-order valence-corrected chi connectivity index (χ0v) is 19.5. The summed E-state index contributed by atoms with van der Waals surface area (Å²) in [5.41, 5.74) is 1.16. The Bertz CT molecular complexity index is 848. The van der Waals surface area contributed by atoms with Gasteiger partial charge in [0.2, 0.25) is 0 Å². The molecule has 0 amide bonds. The first-order valence-electron chi connectivity index (χ1n) is 11.2. The van der Waals surface area contributed by atoms with Gasteiger partial charge in [0, 0.05) is 11.1 Å². The van der Waals surface area contributed by atoms with Gasteiger partial charge in [0.25, 0.3) is 0 Å². The van der Waals surface area contributed by atoms with Gasteiger partial charge in [-0.3, -0.25) is 19.2 Å². The molecule has 0 aromatic carbocycles. The number of rotatable bonds is 13. The van der Waals surface area contributed by atoms with Crippen LogP contribution in [0.2, 0.25) is 0 Å². The summed E-state index contributed by atoms with van der Waals surface area (Å²) >= 11 is 0. The van der Waals surface area contributed by atoms with E-state index in [9.17, 15) is 29.4 Å². The minimum atomic E-state index is -0.837. The smallest absolute Gasteiger partial charge is 0.309 e. The maximum atomic E-state index is 12.6. The van der Waals surface area contributed by atoms with E-state index >= 15 is 0 Å². The summed E-state index contributed by atoms with van der Waals surface area (Å²) in [4.78, 5) is 47.6. The highest BCUT2D eigenvalue weighted by Gasteiger charge is 2.29. The van der Waals surface area contributed by atoms with Crippen LogP contribution in [0.5, 0.6) is 0 Å². The van der Waals surface area contributed by atoms with Crippen LogP contribution in [0, 0.1) is 10.8 Å². The Morgan fingerprint density at radius 1 is 0.625 bits per heavy atom. The lowest BCUT2D eigenvalue weighted by molar-refractivity contribution is -0.148. The van der Waals surface area contributed by atoms with Crippen LogP contribution in [0.15, 0.2) is 46.6 Å². The van der Waals surface area contributed by atoms with Gasteiger partial charge in [0.15, 0.2) is 11.6 Å². The van der Waals surface area contributed by atoms with Gasteiger partial charge < -0.3 is 10.2 Å². The Balaban J connectivity index is 1.74. The first-order valence-corrected chi connectivity index (χ1v) is 11.2. The molecule has 2 aliphatic rings. The van der Waals surface area contributed by atoms with Crippen LogP contribution >= 0.6 is 0 Å². The maximum Gasteiger partial charge on any atom is 0.309 e. The van der Waals surface area contributed by atoms with Crippen LogP contribution in [0.3, 0.4) is 0 Å². The zero-order chi connectivity index (χ0) is 24.1. The van der Waals surface area contributed by atoms with E-state index in [1.807, 2.05) is 24.3 Å². The fourth-order valence-electron chi connectivity index (χ4n) is 3.83. The minimum absolute atomic E-state index is 0.00624. The third-order valence-corrected chi connectivity index (χ3v) is 6.46. The summed E-state index contributed by atoms with van der Waals surface area (Å²) in [6.07, 6.45) is 11.6. The van der Waals surface area contributed by atoms with Crippen molar-refractivity contribution in [3.05, 3.63) is 46.6 Å². The summed E-state index contributed by atoms with van der Waals surface area (Å²) in [6, 6.07) is 0. The Hall–Kier alpha value is -2.76. The lowest BCUT2D eigenvalue weighted by Gasteiger charge is -2.18. The highest BCUT2D eigenvalue weighted by Crippen LogP contribution is 2.31. The second-order valence-corrected chi connectivity index (χ2v) is 10.0. The van der Waals surface area contributed by atoms with Gasteiger partial charge in [-0.15, -0.1) is 0 Å². The molecule has 0 aromatic heterocycles. The molecular formula is C26H34O6. The molecule has 0 fully saturated rings.